The van der Waals surface area contributed by atoms with E-state index in [9.17, 15) is 9.65 Å². The van der Waals surface area contributed by atoms with Gasteiger partial charge in [-0.2, -0.15) is 19.6 Å². The third kappa shape index (κ3) is 4.46. The van der Waals surface area contributed by atoms with Crippen molar-refractivity contribution in [3.05, 3.63) is 45.7 Å². The summed E-state index contributed by atoms with van der Waals surface area (Å²) in [6, 6.07) is 5.62. The van der Waals surface area contributed by atoms with Crippen molar-refractivity contribution in [3.63, 3.8) is 0 Å². The number of nitriles is 1. The van der Waals surface area contributed by atoms with E-state index in [0.29, 0.717) is 42.4 Å². The predicted molar refractivity (Wildman–Crippen MR) is 165 cm³/mol. The summed E-state index contributed by atoms with van der Waals surface area (Å²) in [6.45, 7) is 4.32. The van der Waals surface area contributed by atoms with Crippen molar-refractivity contribution in [1.82, 2.24) is 19.9 Å². The number of halogens is 2. The Morgan fingerprint density at radius 3 is 2.91 bits per heavy atom. The van der Waals surface area contributed by atoms with Gasteiger partial charge in [0.25, 0.3) is 0 Å². The van der Waals surface area contributed by atoms with Gasteiger partial charge in [0.15, 0.2) is 11.6 Å². The number of fused-ring (bicyclic) bond motifs is 3. The van der Waals surface area contributed by atoms with Crippen LogP contribution in [0.15, 0.2) is 18.3 Å². The SMILES string of the molecule is CC(c1cccnc1N)N(C)c1nc(OC[C@@]23CCCN2C[C@H](F)C3)nc(N2CC3(C2)SCc2sc(N)c(C#N)c23)c1F. The molecule has 10 nitrogen and oxygen atoms in total. The van der Waals surface area contributed by atoms with Gasteiger partial charge in [0.2, 0.25) is 5.82 Å². The number of alkyl halides is 1. The molecule has 14 heteroatoms. The lowest BCUT2D eigenvalue weighted by atomic mass is 9.88. The molecule has 3 aromatic rings. The van der Waals surface area contributed by atoms with Gasteiger partial charge in [-0.25, -0.2) is 9.37 Å². The number of nitrogens with two attached hydrogens (primary N) is 2. The normalized spacial score (nSPS) is 24.4. The average molecular weight is 626 g/mol. The minimum Gasteiger partial charge on any atom is -0.461 e. The van der Waals surface area contributed by atoms with Crippen LogP contribution in [0.25, 0.3) is 0 Å². The second-order valence-electron chi connectivity index (χ2n) is 12.0. The Morgan fingerprint density at radius 2 is 2.14 bits per heavy atom. The Labute approximate surface area is 257 Å². The van der Waals surface area contributed by atoms with Crippen LogP contribution in [0.1, 0.15) is 53.8 Å². The molecule has 0 amide bonds. The number of aromatic nitrogens is 3. The highest BCUT2D eigenvalue weighted by Crippen LogP contribution is 2.58. The summed E-state index contributed by atoms with van der Waals surface area (Å²) < 4.78 is 36.7. The Kier molecular flexibility index (Phi) is 6.83. The van der Waals surface area contributed by atoms with Gasteiger partial charge in [0, 0.05) is 61.1 Å². The number of hydrogen-bond acceptors (Lipinski definition) is 12. The molecule has 1 unspecified atom stereocenters. The fourth-order valence-electron chi connectivity index (χ4n) is 7.17. The van der Waals surface area contributed by atoms with Gasteiger partial charge in [0.05, 0.1) is 21.9 Å². The lowest BCUT2D eigenvalue weighted by Crippen LogP contribution is -2.57. The average Bonchev–Trinajstić information content (AvgIpc) is 3.69. The standard InChI is InChI=1S/C29H33F2N9OS2/c1-16(18-5-3-7-35-23(18)33)38(2)25-22(31)26(37-27(36-25)41-15-28-6-4-8-40(28)11-17(30)9-28)39-13-29(14-39)21-19(10-32)24(34)43-20(21)12-42-29/h3,5,7,16-17H,4,6,8-9,11-15,34H2,1-2H3,(H2,33,35)/t16?,17-,28+/m1/s1. The lowest BCUT2D eigenvalue weighted by Gasteiger charge is -2.48. The van der Waals surface area contributed by atoms with Crippen LogP contribution in [-0.2, 0) is 10.5 Å². The fraction of sp³-hybridized carbons (Fsp3) is 0.517. The van der Waals surface area contributed by atoms with Gasteiger partial charge >= 0.3 is 6.01 Å². The predicted octanol–water partition coefficient (Wildman–Crippen LogP) is 4.22. The molecule has 0 aromatic carbocycles. The van der Waals surface area contributed by atoms with Crippen LogP contribution in [0.4, 0.5) is 31.2 Å². The number of rotatable bonds is 7. The Bertz CT molecular complexity index is 1620. The summed E-state index contributed by atoms with van der Waals surface area (Å²) in [5.41, 5.74) is 14.2. The summed E-state index contributed by atoms with van der Waals surface area (Å²) in [7, 11) is 1.75. The zero-order chi connectivity index (χ0) is 30.1. The Morgan fingerprint density at radius 1 is 1.33 bits per heavy atom. The first-order chi connectivity index (χ1) is 20.6. The number of thioether (sulfide) groups is 1. The molecular weight excluding hydrogens is 593 g/mol. The van der Waals surface area contributed by atoms with Crippen LogP contribution < -0.4 is 26.0 Å². The number of anilines is 4. The fourth-order valence-corrected chi connectivity index (χ4v) is 9.98. The van der Waals surface area contributed by atoms with Gasteiger partial charge in [-0.3, -0.25) is 4.90 Å². The molecule has 3 saturated heterocycles. The largest absolute Gasteiger partial charge is 0.461 e. The molecule has 4 aliphatic rings. The zero-order valence-electron chi connectivity index (χ0n) is 24.0. The van der Waals surface area contributed by atoms with Crippen molar-refractivity contribution >= 4 is 45.6 Å². The molecule has 3 fully saturated rings. The van der Waals surface area contributed by atoms with Gasteiger partial charge < -0.3 is 26.0 Å². The van der Waals surface area contributed by atoms with E-state index in [-0.39, 0.29) is 35.0 Å². The van der Waals surface area contributed by atoms with E-state index in [0.717, 1.165) is 41.1 Å². The van der Waals surface area contributed by atoms with Crippen molar-refractivity contribution in [2.75, 3.05) is 61.1 Å². The summed E-state index contributed by atoms with van der Waals surface area (Å²) in [5.74, 6) is 0.766. The third-order valence-electron chi connectivity index (χ3n) is 9.51. The number of nitrogen functional groups attached to an aromatic ring is 2. The van der Waals surface area contributed by atoms with Gasteiger partial charge in [0.1, 0.15) is 29.7 Å². The number of pyridine rings is 1. The first kappa shape index (κ1) is 28.4. The minimum absolute atomic E-state index is 0.0475. The molecule has 7 heterocycles. The van der Waals surface area contributed by atoms with E-state index in [4.69, 9.17) is 16.2 Å². The minimum atomic E-state index is -0.892. The second-order valence-corrected chi connectivity index (χ2v) is 14.5. The van der Waals surface area contributed by atoms with E-state index >= 15 is 4.39 Å². The maximum absolute atomic E-state index is 16.4. The molecule has 1 spiro atoms. The van der Waals surface area contributed by atoms with Crippen molar-refractivity contribution in [2.45, 2.75) is 54.4 Å². The molecule has 3 atom stereocenters. The highest BCUT2D eigenvalue weighted by Gasteiger charge is 2.54. The summed E-state index contributed by atoms with van der Waals surface area (Å²) in [4.78, 5) is 20.2. The maximum Gasteiger partial charge on any atom is 0.320 e. The van der Waals surface area contributed by atoms with Crippen LogP contribution in [0, 0.1) is 17.1 Å². The van der Waals surface area contributed by atoms with Crippen molar-refractivity contribution in [3.8, 4) is 12.1 Å². The maximum atomic E-state index is 16.4. The van der Waals surface area contributed by atoms with Crippen LogP contribution in [0.5, 0.6) is 6.01 Å². The Balaban J connectivity index is 1.22. The molecule has 0 aliphatic carbocycles. The van der Waals surface area contributed by atoms with E-state index < -0.39 is 17.5 Å². The number of nitrogens with zero attached hydrogens (tertiary/aromatic N) is 7. The lowest BCUT2D eigenvalue weighted by molar-refractivity contribution is 0.107. The highest BCUT2D eigenvalue weighted by molar-refractivity contribution is 8.00. The zero-order valence-corrected chi connectivity index (χ0v) is 25.6. The first-order valence-corrected chi connectivity index (χ1v) is 16.2. The van der Waals surface area contributed by atoms with Crippen LogP contribution in [-0.4, -0.2) is 71.4 Å². The smallest absolute Gasteiger partial charge is 0.320 e. The molecule has 0 radical (unpaired) electrons. The molecule has 7 rings (SSSR count). The van der Waals surface area contributed by atoms with Crippen molar-refractivity contribution in [2.24, 2.45) is 0 Å². The van der Waals surface area contributed by atoms with Crippen molar-refractivity contribution in [1.29, 1.82) is 5.26 Å². The molecule has 4 aliphatic heterocycles. The van der Waals surface area contributed by atoms with Crippen LogP contribution in [0.3, 0.4) is 0 Å². The monoisotopic (exact) mass is 625 g/mol. The molecular formula is C29H33F2N9OS2. The Hall–Kier alpha value is -3.41. The number of ether oxygens (including phenoxy) is 1. The van der Waals surface area contributed by atoms with Gasteiger partial charge in [-0.15, -0.1) is 23.1 Å². The molecule has 3 aromatic heterocycles. The molecule has 0 bridgehead atoms. The van der Waals surface area contributed by atoms with Gasteiger partial charge in [-0.05, 0) is 32.4 Å². The van der Waals surface area contributed by atoms with E-state index in [1.165, 1.54) is 11.3 Å². The van der Waals surface area contributed by atoms with Crippen molar-refractivity contribution < 1.29 is 13.5 Å². The summed E-state index contributed by atoms with van der Waals surface area (Å²) in [5, 5.41) is 10.3. The third-order valence-corrected chi connectivity index (χ3v) is 12.2. The number of thiophene rings is 1. The summed E-state index contributed by atoms with van der Waals surface area (Å²) >= 11 is 3.22. The first-order valence-electron chi connectivity index (χ1n) is 14.4. The molecule has 43 heavy (non-hydrogen) atoms. The quantitative estimate of drug-likeness (QED) is 0.391. The highest BCUT2D eigenvalue weighted by atomic mass is 32.2. The summed E-state index contributed by atoms with van der Waals surface area (Å²) in [6.07, 6.45) is 2.95. The molecule has 0 saturated carbocycles. The van der Waals surface area contributed by atoms with Gasteiger partial charge in [-0.1, -0.05) is 6.07 Å². The van der Waals surface area contributed by atoms with E-state index in [1.807, 2.05) is 17.9 Å². The van der Waals surface area contributed by atoms with Crippen LogP contribution >= 0.6 is 23.1 Å². The topological polar surface area (TPSA) is 133 Å². The number of hydrogen-bond donors (Lipinski definition) is 2. The molecule has 4 N–H and O–H groups in total. The van der Waals surface area contributed by atoms with Crippen LogP contribution in [0.2, 0.25) is 0 Å². The second kappa shape index (κ2) is 10.3. The van der Waals surface area contributed by atoms with E-state index in [2.05, 4.69) is 25.9 Å². The molecule has 226 valence electrons. The van der Waals surface area contributed by atoms with E-state index in [1.54, 1.807) is 36.0 Å².